The lowest BCUT2D eigenvalue weighted by Crippen LogP contribution is -2.50. The van der Waals surface area contributed by atoms with Gasteiger partial charge in [0.05, 0.1) is 18.8 Å². The molecule has 3 aromatic rings. The van der Waals surface area contributed by atoms with Crippen LogP contribution in [0, 0.1) is 12.8 Å². The minimum absolute atomic E-state index is 0.0282. The van der Waals surface area contributed by atoms with Crippen LogP contribution in [0.15, 0.2) is 56.5 Å². The number of ether oxygens (including phenoxy) is 1. The highest BCUT2D eigenvalue weighted by Gasteiger charge is 2.38. The van der Waals surface area contributed by atoms with E-state index in [0.717, 1.165) is 18.2 Å². The van der Waals surface area contributed by atoms with E-state index < -0.39 is 33.0 Å². The van der Waals surface area contributed by atoms with E-state index in [1.807, 2.05) is 6.07 Å². The van der Waals surface area contributed by atoms with Crippen LogP contribution >= 0.6 is 0 Å². The minimum atomic E-state index is -3.71. The Labute approximate surface area is 242 Å². The number of amides is 1. The first-order valence-corrected chi connectivity index (χ1v) is 15.2. The number of nitrogens with one attached hydrogen (secondary N) is 1. The Hall–Kier alpha value is -4.10. The molecule has 2 aliphatic heterocycles. The van der Waals surface area contributed by atoms with Crippen molar-refractivity contribution < 1.29 is 32.6 Å². The maximum Gasteiger partial charge on any atom is 0.250 e. The van der Waals surface area contributed by atoms with Crippen LogP contribution < -0.4 is 21.0 Å². The molecule has 1 amide bonds. The first-order chi connectivity index (χ1) is 20.0. The predicted molar refractivity (Wildman–Crippen MR) is 152 cm³/mol. The van der Waals surface area contributed by atoms with Crippen molar-refractivity contribution in [1.29, 1.82) is 0 Å². The molecule has 0 saturated carbocycles. The maximum atomic E-state index is 13.3. The van der Waals surface area contributed by atoms with Crippen LogP contribution in [0.4, 0.5) is 0 Å². The van der Waals surface area contributed by atoms with Crippen LogP contribution in [0.25, 0.3) is 0 Å². The number of carbonyl (C=O) groups is 1. The third kappa shape index (κ3) is 5.93. The van der Waals surface area contributed by atoms with Gasteiger partial charge in [0.2, 0.25) is 27.1 Å². The van der Waals surface area contributed by atoms with Gasteiger partial charge >= 0.3 is 0 Å². The van der Waals surface area contributed by atoms with Gasteiger partial charge in [0.25, 0.3) is 5.56 Å². The summed E-state index contributed by atoms with van der Waals surface area (Å²) in [5.41, 5.74) is 0.518. The van der Waals surface area contributed by atoms with Gasteiger partial charge in [-0.2, -0.15) is 0 Å². The van der Waals surface area contributed by atoms with Crippen molar-refractivity contribution in [1.82, 2.24) is 14.2 Å². The fraction of sp³-hybridized carbons (Fsp3) is 0.414. The van der Waals surface area contributed by atoms with E-state index >= 15 is 0 Å². The molecule has 224 valence electrons. The second-order valence-corrected chi connectivity index (χ2v) is 12.9. The van der Waals surface area contributed by atoms with E-state index in [4.69, 9.17) is 9.15 Å². The van der Waals surface area contributed by atoms with Crippen LogP contribution in [0.3, 0.4) is 0 Å². The van der Waals surface area contributed by atoms with Crippen molar-refractivity contribution in [2.75, 3.05) is 32.5 Å². The van der Waals surface area contributed by atoms with Crippen LogP contribution in [0.2, 0.25) is 0 Å². The number of fused-ring (bicyclic) bond motifs is 4. The van der Waals surface area contributed by atoms with Crippen LogP contribution in [-0.2, 0) is 21.4 Å². The number of phenols is 1. The molecule has 2 aliphatic rings. The van der Waals surface area contributed by atoms with E-state index in [9.17, 15) is 33.0 Å². The van der Waals surface area contributed by atoms with Gasteiger partial charge in [0.1, 0.15) is 5.76 Å². The molecule has 3 N–H and O–H groups in total. The number of rotatable bonds is 9. The molecule has 12 nitrogen and oxygen atoms in total. The minimum Gasteiger partial charge on any atom is -0.504 e. The molecule has 2 bridgehead atoms. The molecule has 42 heavy (non-hydrogen) atoms. The number of sulfonamides is 1. The van der Waals surface area contributed by atoms with Gasteiger partial charge in [-0.3, -0.25) is 14.4 Å². The monoisotopic (exact) mass is 599 g/mol. The molecule has 1 aromatic carbocycles. The number of aromatic hydroxyl groups is 2. The average Bonchev–Trinajstić information content (AvgIpc) is 2.94. The second-order valence-electron chi connectivity index (χ2n) is 10.8. The highest BCUT2D eigenvalue weighted by molar-refractivity contribution is 7.89. The summed E-state index contributed by atoms with van der Waals surface area (Å²) < 4.78 is 40.5. The number of pyridine rings is 1. The largest absolute Gasteiger partial charge is 0.504 e. The fourth-order valence-corrected chi connectivity index (χ4v) is 7.38. The summed E-state index contributed by atoms with van der Waals surface area (Å²) >= 11 is 0. The van der Waals surface area contributed by atoms with Gasteiger partial charge in [0, 0.05) is 56.3 Å². The summed E-state index contributed by atoms with van der Waals surface area (Å²) in [6, 6.07) is 10.6. The number of hydrogen-bond acceptors (Lipinski definition) is 9. The van der Waals surface area contributed by atoms with Crippen LogP contribution in [0.1, 0.15) is 47.5 Å². The summed E-state index contributed by atoms with van der Waals surface area (Å²) in [6.45, 7) is 2.43. The number of piperidine rings is 1. The Balaban J connectivity index is 1.28. The van der Waals surface area contributed by atoms with Gasteiger partial charge < -0.3 is 29.3 Å². The lowest BCUT2D eigenvalue weighted by atomic mass is 9.84. The third-order valence-corrected chi connectivity index (χ3v) is 9.71. The molecule has 0 spiro atoms. The molecule has 1 saturated heterocycles. The Morgan fingerprint density at radius 2 is 1.93 bits per heavy atom. The lowest BCUT2D eigenvalue weighted by Gasteiger charge is -2.42. The smallest absolute Gasteiger partial charge is 0.250 e. The standard InChI is InChI=1S/C29H33N3O9S/c1-17-10-24(34)28(37)29(41-17)21(19-6-7-23(33)25(12-19)40-2)13-26(35)30-8-9-42(38,39)31-14-18-11-20(16-31)22-4-3-5-27(36)32(22)15-18/h3-7,10,12,18,20-21,33,37H,8-9,11,13-16H2,1-2H3,(H,30,35)/t18-,20+,21-/m1/s1. The summed E-state index contributed by atoms with van der Waals surface area (Å²) in [6.07, 6.45) is 0.533. The van der Waals surface area contributed by atoms with E-state index in [1.165, 1.54) is 42.6 Å². The zero-order valence-electron chi connectivity index (χ0n) is 23.3. The Morgan fingerprint density at radius 3 is 2.69 bits per heavy atom. The number of aromatic nitrogens is 1. The lowest BCUT2D eigenvalue weighted by molar-refractivity contribution is -0.121. The van der Waals surface area contributed by atoms with E-state index in [2.05, 4.69) is 5.32 Å². The summed E-state index contributed by atoms with van der Waals surface area (Å²) in [5.74, 6) is -2.39. The van der Waals surface area contributed by atoms with Gasteiger partial charge in [-0.25, -0.2) is 12.7 Å². The van der Waals surface area contributed by atoms with Crippen molar-refractivity contribution in [3.63, 3.8) is 0 Å². The van der Waals surface area contributed by atoms with E-state index in [-0.39, 0.29) is 65.7 Å². The van der Waals surface area contributed by atoms with E-state index in [1.54, 1.807) is 10.6 Å². The molecular formula is C29H33N3O9S. The first kappa shape index (κ1) is 29.4. The van der Waals surface area contributed by atoms with Gasteiger partial charge in [0.15, 0.2) is 17.3 Å². The normalized spacial score (nSPS) is 19.1. The molecular weight excluding hydrogens is 566 g/mol. The SMILES string of the molecule is COc1cc([C@@H](CC(=O)NCCS(=O)(=O)N2C[C@H]3C[C@@H](C2)c2cccc(=O)n2C3)c2oc(C)cc(=O)c2O)ccc1O. The van der Waals surface area contributed by atoms with Crippen molar-refractivity contribution in [3.05, 3.63) is 85.8 Å². The Morgan fingerprint density at radius 1 is 1.14 bits per heavy atom. The van der Waals surface area contributed by atoms with Crippen LogP contribution in [-0.4, -0.2) is 65.9 Å². The number of methoxy groups -OCH3 is 1. The van der Waals surface area contributed by atoms with Crippen molar-refractivity contribution in [2.45, 2.75) is 38.1 Å². The Bertz CT molecular complexity index is 1730. The molecule has 3 atom stereocenters. The van der Waals surface area contributed by atoms with Gasteiger partial charge in [-0.15, -0.1) is 0 Å². The molecule has 5 rings (SSSR count). The highest BCUT2D eigenvalue weighted by Crippen LogP contribution is 2.38. The number of carbonyl (C=O) groups excluding carboxylic acids is 1. The quantitative estimate of drug-likeness (QED) is 0.331. The van der Waals surface area contributed by atoms with Crippen molar-refractivity contribution >= 4 is 15.9 Å². The Kier molecular flexibility index (Phi) is 8.15. The summed E-state index contributed by atoms with van der Waals surface area (Å²) in [5, 5.41) is 23.2. The predicted octanol–water partition coefficient (Wildman–Crippen LogP) is 1.62. The maximum absolute atomic E-state index is 13.3. The number of nitrogens with zero attached hydrogens (tertiary/aromatic N) is 2. The van der Waals surface area contributed by atoms with Gasteiger partial charge in [-0.05, 0) is 43.0 Å². The van der Waals surface area contributed by atoms with Gasteiger partial charge in [-0.1, -0.05) is 12.1 Å². The fourth-order valence-electron chi connectivity index (χ4n) is 5.92. The molecule has 0 aliphatic carbocycles. The molecule has 13 heteroatoms. The zero-order valence-corrected chi connectivity index (χ0v) is 24.1. The molecule has 0 radical (unpaired) electrons. The number of benzene rings is 1. The van der Waals surface area contributed by atoms with Crippen molar-refractivity contribution in [2.24, 2.45) is 5.92 Å². The molecule has 1 fully saturated rings. The molecule has 2 aromatic heterocycles. The number of aryl methyl sites for hydroxylation is 1. The average molecular weight is 600 g/mol. The summed E-state index contributed by atoms with van der Waals surface area (Å²) in [7, 11) is -2.35. The third-order valence-electron chi connectivity index (χ3n) is 7.91. The molecule has 4 heterocycles. The topological polar surface area (TPSA) is 168 Å². The first-order valence-electron chi connectivity index (χ1n) is 13.6. The number of phenolic OH excluding ortho intramolecular Hbond substituents is 1. The number of hydrogen-bond donors (Lipinski definition) is 3. The van der Waals surface area contributed by atoms with Crippen molar-refractivity contribution in [3.8, 4) is 17.2 Å². The zero-order chi connectivity index (χ0) is 30.2. The summed E-state index contributed by atoms with van der Waals surface area (Å²) in [4.78, 5) is 37.6. The second kappa shape index (κ2) is 11.6. The van der Waals surface area contributed by atoms with Crippen LogP contribution in [0.5, 0.6) is 17.2 Å². The molecule has 0 unspecified atom stereocenters. The van der Waals surface area contributed by atoms with E-state index in [0.29, 0.717) is 18.7 Å². The highest BCUT2D eigenvalue weighted by atomic mass is 32.2.